The molecule has 1 aliphatic carbocycles. The summed E-state index contributed by atoms with van der Waals surface area (Å²) < 4.78 is 26.3. The molecule has 1 heterocycles. The number of guanidine groups is 1. The van der Waals surface area contributed by atoms with E-state index in [-0.39, 0.29) is 45.9 Å². The maximum absolute atomic E-state index is 13.2. The van der Waals surface area contributed by atoms with Crippen molar-refractivity contribution in [2.45, 2.75) is 55.7 Å². The second-order valence-electron chi connectivity index (χ2n) is 9.52. The van der Waals surface area contributed by atoms with E-state index in [2.05, 4.69) is 26.3 Å². The lowest BCUT2D eigenvalue weighted by molar-refractivity contribution is -0.120. The molecule has 2 aromatic carbocycles. The van der Waals surface area contributed by atoms with Crippen LogP contribution in [0.5, 0.6) is 0 Å². The van der Waals surface area contributed by atoms with Crippen molar-refractivity contribution in [3.05, 3.63) is 53.6 Å². The highest BCUT2D eigenvalue weighted by Crippen LogP contribution is 2.35. The van der Waals surface area contributed by atoms with E-state index in [4.69, 9.17) is 0 Å². The van der Waals surface area contributed by atoms with Crippen molar-refractivity contribution in [3.8, 4) is 0 Å². The highest BCUT2D eigenvalue weighted by atomic mass is 32.2. The summed E-state index contributed by atoms with van der Waals surface area (Å²) in [4.78, 5) is 40.7. The summed E-state index contributed by atoms with van der Waals surface area (Å²) in [6.07, 6.45) is 2.14. The molecule has 0 radical (unpaired) electrons. The smallest absolute Gasteiger partial charge is 0.280 e. The van der Waals surface area contributed by atoms with E-state index in [1.807, 2.05) is 6.92 Å². The van der Waals surface area contributed by atoms with Crippen LogP contribution in [0.2, 0.25) is 0 Å². The number of nitrogens with zero attached hydrogens (tertiary/aromatic N) is 1. The summed E-state index contributed by atoms with van der Waals surface area (Å²) in [5, 5.41) is 10.6. The van der Waals surface area contributed by atoms with Crippen molar-refractivity contribution in [2.75, 3.05) is 11.9 Å². The summed E-state index contributed by atoms with van der Waals surface area (Å²) in [6.45, 7) is 5.45. The van der Waals surface area contributed by atoms with Crippen LogP contribution in [0.3, 0.4) is 0 Å². The molecule has 190 valence electrons. The van der Waals surface area contributed by atoms with Crippen molar-refractivity contribution >= 4 is 44.9 Å². The molecular weight excluding hydrogens is 482 g/mol. The van der Waals surface area contributed by atoms with E-state index < -0.39 is 21.0 Å². The third kappa shape index (κ3) is 5.73. The first-order valence-electron chi connectivity index (χ1n) is 11.7. The largest absolute Gasteiger partial charge is 0.355 e. The third-order valence-electron chi connectivity index (χ3n) is 6.09. The van der Waals surface area contributed by atoms with Crippen LogP contribution in [0, 0.1) is 0 Å². The molecule has 4 rings (SSSR count). The summed E-state index contributed by atoms with van der Waals surface area (Å²) in [7, 11) is -3.80. The Kier molecular flexibility index (Phi) is 6.85. The van der Waals surface area contributed by atoms with Crippen molar-refractivity contribution in [1.82, 2.24) is 16.0 Å². The third-order valence-corrected chi connectivity index (χ3v) is 8.28. The lowest BCUT2D eigenvalue weighted by Gasteiger charge is -2.17. The quantitative estimate of drug-likeness (QED) is 0.447. The number of anilines is 2. The van der Waals surface area contributed by atoms with Gasteiger partial charge in [0.2, 0.25) is 11.9 Å². The van der Waals surface area contributed by atoms with E-state index in [1.165, 1.54) is 18.2 Å². The average molecular weight is 512 g/mol. The number of rotatable bonds is 7. The van der Waals surface area contributed by atoms with E-state index in [0.29, 0.717) is 17.8 Å². The molecule has 0 atom stereocenters. The Hall–Kier alpha value is -3.73. The number of sulfone groups is 1. The maximum atomic E-state index is 13.2. The number of benzene rings is 2. The van der Waals surface area contributed by atoms with Crippen LogP contribution < -0.4 is 21.3 Å². The Labute approximate surface area is 209 Å². The molecule has 2 fully saturated rings. The summed E-state index contributed by atoms with van der Waals surface area (Å²) in [5.41, 5.74) is 1.13. The van der Waals surface area contributed by atoms with Crippen LogP contribution in [0.4, 0.5) is 11.4 Å². The number of carbonyl (C=O) groups excluding carboxylic acids is 3. The highest BCUT2D eigenvalue weighted by molar-refractivity contribution is 7.92. The fourth-order valence-electron chi connectivity index (χ4n) is 3.57. The van der Waals surface area contributed by atoms with Gasteiger partial charge in [-0.15, -0.1) is 0 Å². The van der Waals surface area contributed by atoms with Gasteiger partial charge in [-0.2, -0.15) is 4.99 Å². The Balaban J connectivity index is 1.64. The number of carbonyl (C=O) groups is 3. The zero-order valence-corrected chi connectivity index (χ0v) is 21.2. The first-order valence-corrected chi connectivity index (χ1v) is 13.3. The van der Waals surface area contributed by atoms with Gasteiger partial charge in [-0.25, -0.2) is 8.42 Å². The summed E-state index contributed by atoms with van der Waals surface area (Å²) >= 11 is 0. The Morgan fingerprint density at radius 1 is 1.08 bits per heavy atom. The first-order chi connectivity index (χ1) is 17.0. The Morgan fingerprint density at radius 2 is 1.83 bits per heavy atom. The normalized spacial score (nSPS) is 17.8. The van der Waals surface area contributed by atoms with Gasteiger partial charge >= 0.3 is 0 Å². The minimum absolute atomic E-state index is 0.0295. The molecular formula is C25H29N5O5S. The number of amides is 3. The number of hydrogen-bond acceptors (Lipinski definition) is 6. The molecule has 0 aromatic heterocycles. The van der Waals surface area contributed by atoms with Crippen molar-refractivity contribution in [2.24, 2.45) is 4.99 Å². The van der Waals surface area contributed by atoms with Gasteiger partial charge in [-0.3, -0.25) is 19.7 Å². The van der Waals surface area contributed by atoms with E-state index in [1.54, 1.807) is 38.1 Å². The Bertz CT molecular complexity index is 1360. The molecule has 36 heavy (non-hydrogen) atoms. The van der Waals surface area contributed by atoms with Crippen LogP contribution in [0.15, 0.2) is 52.4 Å². The molecule has 0 spiro atoms. The molecule has 10 nitrogen and oxygen atoms in total. The van der Waals surface area contributed by atoms with Crippen LogP contribution in [0.1, 0.15) is 60.7 Å². The monoisotopic (exact) mass is 511 g/mol. The molecule has 4 N–H and O–H groups in total. The predicted octanol–water partition coefficient (Wildman–Crippen LogP) is 2.50. The zero-order valence-electron chi connectivity index (χ0n) is 20.3. The van der Waals surface area contributed by atoms with Crippen molar-refractivity contribution in [3.63, 3.8) is 0 Å². The van der Waals surface area contributed by atoms with Gasteiger partial charge in [-0.1, -0.05) is 6.07 Å². The second-order valence-corrected chi connectivity index (χ2v) is 12.0. The van der Waals surface area contributed by atoms with Crippen LogP contribution >= 0.6 is 0 Å². The molecule has 11 heteroatoms. The molecule has 2 aliphatic rings. The molecule has 0 unspecified atom stereocenters. The second kappa shape index (κ2) is 9.73. The van der Waals surface area contributed by atoms with Gasteiger partial charge in [0, 0.05) is 35.3 Å². The Morgan fingerprint density at radius 3 is 2.50 bits per heavy atom. The fraction of sp³-hybridized carbons (Fsp3) is 0.360. The summed E-state index contributed by atoms with van der Waals surface area (Å²) in [5.74, 6) is -1.12. The van der Waals surface area contributed by atoms with Gasteiger partial charge in [0.05, 0.1) is 15.8 Å². The lowest BCUT2D eigenvalue weighted by Crippen LogP contribution is -2.48. The van der Waals surface area contributed by atoms with E-state index in [0.717, 1.165) is 12.8 Å². The number of nitrogens with one attached hydrogen (secondary N) is 4. The minimum Gasteiger partial charge on any atom is -0.355 e. The van der Waals surface area contributed by atoms with Gasteiger partial charge in [0.25, 0.3) is 11.8 Å². The SMILES string of the molecule is CC(C)S(=O)(=O)c1cc(C(=O)/N=C2\NCCC(=O)N2)ccc1Nc1cccc(C(=O)NC2(C)CC2)c1. The molecule has 0 bridgehead atoms. The van der Waals surface area contributed by atoms with Crippen molar-refractivity contribution < 1.29 is 22.8 Å². The van der Waals surface area contributed by atoms with Crippen molar-refractivity contribution in [1.29, 1.82) is 0 Å². The van der Waals surface area contributed by atoms with Gasteiger partial charge in [-0.05, 0) is 70.0 Å². The molecule has 1 saturated carbocycles. The van der Waals surface area contributed by atoms with E-state index >= 15 is 0 Å². The highest BCUT2D eigenvalue weighted by Gasteiger charge is 2.38. The van der Waals surface area contributed by atoms with E-state index in [9.17, 15) is 22.8 Å². The topological polar surface area (TPSA) is 146 Å². The van der Waals surface area contributed by atoms with Gasteiger partial charge in [0.1, 0.15) is 0 Å². The summed E-state index contributed by atoms with van der Waals surface area (Å²) in [6, 6.07) is 11.0. The average Bonchev–Trinajstić information content (AvgIpc) is 3.55. The van der Waals surface area contributed by atoms with Crippen LogP contribution in [-0.4, -0.2) is 49.4 Å². The fourth-order valence-corrected chi connectivity index (χ4v) is 4.79. The predicted molar refractivity (Wildman–Crippen MR) is 136 cm³/mol. The van der Waals surface area contributed by atoms with Gasteiger partial charge in [0.15, 0.2) is 9.84 Å². The minimum atomic E-state index is -3.80. The lowest BCUT2D eigenvalue weighted by atomic mass is 10.1. The standard InChI is InChI=1S/C25H29N5O5S/c1-15(2)36(34,35)20-14-17(22(32)29-24-26-12-9-21(31)28-24)7-8-19(20)27-18-6-4-5-16(13-18)23(33)30-25(3)10-11-25/h4-8,13-15,27H,9-12H2,1-3H3,(H,30,33)(H2,26,28,29,31,32). The zero-order chi connectivity index (χ0) is 26.1. The molecule has 1 saturated heterocycles. The number of aliphatic imine (C=N–C) groups is 1. The molecule has 1 aliphatic heterocycles. The maximum Gasteiger partial charge on any atom is 0.280 e. The van der Waals surface area contributed by atoms with Crippen LogP contribution in [0.25, 0.3) is 0 Å². The molecule has 3 amide bonds. The van der Waals surface area contributed by atoms with Gasteiger partial charge < -0.3 is 16.0 Å². The number of hydrogen-bond donors (Lipinski definition) is 4. The van der Waals surface area contributed by atoms with Crippen LogP contribution in [-0.2, 0) is 14.6 Å². The molecule has 2 aromatic rings. The first kappa shape index (κ1) is 25.4.